The van der Waals surface area contributed by atoms with Crippen molar-refractivity contribution in [3.8, 4) is 0 Å². The van der Waals surface area contributed by atoms with Crippen LogP contribution in [0.3, 0.4) is 0 Å². The van der Waals surface area contributed by atoms with Crippen molar-refractivity contribution >= 4 is 50.7 Å². The molecule has 2 amide bonds. The number of halogens is 2. The van der Waals surface area contributed by atoms with Crippen LogP contribution in [0.15, 0.2) is 71.6 Å². The highest BCUT2D eigenvalue weighted by molar-refractivity contribution is 7.92. The van der Waals surface area contributed by atoms with E-state index in [4.69, 9.17) is 23.2 Å². The SMILES string of the molecule is Cc1ccc(S(=O)(=O)N(CC(=O)N(Cc2cccc(C)c2)[C@H](C)C(=O)NC(C)C)c2cc(Cl)ccc2Cl)cc1. The van der Waals surface area contributed by atoms with Crippen LogP contribution < -0.4 is 9.62 Å². The maximum absolute atomic E-state index is 13.9. The van der Waals surface area contributed by atoms with Crippen molar-refractivity contribution in [2.24, 2.45) is 0 Å². The fourth-order valence-electron chi connectivity index (χ4n) is 4.02. The average molecular weight is 591 g/mol. The number of hydrogen-bond donors (Lipinski definition) is 1. The Morgan fingerprint density at radius 2 is 1.56 bits per heavy atom. The Morgan fingerprint density at radius 3 is 2.18 bits per heavy atom. The normalized spacial score (nSPS) is 12.2. The standard InChI is InChI=1S/C29H33Cl2N3O4S/c1-19(2)32-29(36)22(5)33(17-23-8-6-7-21(4)15-23)28(35)18-34(27-16-24(30)11-14-26(27)31)39(37,38)25-12-9-20(3)10-13-25/h6-16,19,22H,17-18H2,1-5H3,(H,32,36)/t22-/m1/s1. The minimum atomic E-state index is -4.24. The van der Waals surface area contributed by atoms with Crippen LogP contribution >= 0.6 is 23.2 Å². The number of aryl methyl sites for hydroxylation is 2. The van der Waals surface area contributed by atoms with E-state index in [2.05, 4.69) is 5.32 Å². The average Bonchev–Trinajstić information content (AvgIpc) is 2.86. The first-order valence-electron chi connectivity index (χ1n) is 12.5. The lowest BCUT2D eigenvalue weighted by molar-refractivity contribution is -0.139. The summed E-state index contributed by atoms with van der Waals surface area (Å²) < 4.78 is 28.7. The number of carbonyl (C=O) groups excluding carboxylic acids is 2. The quantitative estimate of drug-likeness (QED) is 0.326. The third kappa shape index (κ3) is 7.75. The fourth-order valence-corrected chi connectivity index (χ4v) is 5.88. The molecule has 208 valence electrons. The zero-order valence-electron chi connectivity index (χ0n) is 22.6. The molecule has 3 rings (SSSR count). The Bertz CT molecular complexity index is 1440. The Labute approximate surface area is 240 Å². The first-order chi connectivity index (χ1) is 18.3. The van der Waals surface area contributed by atoms with Gasteiger partial charge in [-0.1, -0.05) is 70.7 Å². The third-order valence-corrected chi connectivity index (χ3v) is 8.43. The van der Waals surface area contributed by atoms with Gasteiger partial charge >= 0.3 is 0 Å². The molecule has 0 radical (unpaired) electrons. The van der Waals surface area contributed by atoms with E-state index < -0.39 is 28.5 Å². The summed E-state index contributed by atoms with van der Waals surface area (Å²) in [4.78, 5) is 28.3. The number of amides is 2. The second-order valence-electron chi connectivity index (χ2n) is 9.77. The molecule has 7 nitrogen and oxygen atoms in total. The molecule has 0 aliphatic heterocycles. The topological polar surface area (TPSA) is 86.8 Å². The minimum absolute atomic E-state index is 0.00669. The van der Waals surface area contributed by atoms with Crippen LogP contribution in [-0.4, -0.2) is 43.8 Å². The molecule has 1 N–H and O–H groups in total. The number of nitrogens with zero attached hydrogens (tertiary/aromatic N) is 2. The van der Waals surface area contributed by atoms with Gasteiger partial charge < -0.3 is 10.2 Å². The molecule has 0 aromatic heterocycles. The van der Waals surface area contributed by atoms with Crippen molar-refractivity contribution in [1.29, 1.82) is 0 Å². The second kappa shape index (κ2) is 12.9. The Hall–Kier alpha value is -3.07. The Balaban J connectivity index is 2.08. The zero-order chi connectivity index (χ0) is 28.9. The number of hydrogen-bond acceptors (Lipinski definition) is 4. The lowest BCUT2D eigenvalue weighted by Gasteiger charge is -2.32. The summed E-state index contributed by atoms with van der Waals surface area (Å²) in [5.74, 6) is -0.922. The van der Waals surface area contributed by atoms with Gasteiger partial charge in [0, 0.05) is 17.6 Å². The minimum Gasteiger partial charge on any atom is -0.352 e. The predicted octanol–water partition coefficient (Wildman–Crippen LogP) is 5.75. The molecule has 0 saturated heterocycles. The molecule has 3 aromatic carbocycles. The van der Waals surface area contributed by atoms with E-state index >= 15 is 0 Å². The van der Waals surface area contributed by atoms with Gasteiger partial charge in [-0.2, -0.15) is 0 Å². The van der Waals surface area contributed by atoms with E-state index in [-0.39, 0.29) is 39.1 Å². The van der Waals surface area contributed by atoms with Crippen molar-refractivity contribution < 1.29 is 18.0 Å². The van der Waals surface area contributed by atoms with E-state index in [1.165, 1.54) is 35.2 Å². The molecule has 0 saturated carbocycles. The van der Waals surface area contributed by atoms with Gasteiger partial charge in [0.15, 0.2) is 0 Å². The molecule has 0 heterocycles. The molecule has 1 atom stereocenters. The molecular weight excluding hydrogens is 557 g/mol. The molecule has 0 aliphatic rings. The Morgan fingerprint density at radius 1 is 0.897 bits per heavy atom. The van der Waals surface area contributed by atoms with E-state index in [0.717, 1.165) is 21.0 Å². The van der Waals surface area contributed by atoms with Crippen LogP contribution in [0.4, 0.5) is 5.69 Å². The van der Waals surface area contributed by atoms with E-state index in [0.29, 0.717) is 0 Å². The van der Waals surface area contributed by atoms with Crippen molar-refractivity contribution in [3.63, 3.8) is 0 Å². The van der Waals surface area contributed by atoms with Crippen LogP contribution in [0.25, 0.3) is 0 Å². The zero-order valence-corrected chi connectivity index (χ0v) is 24.9. The first-order valence-corrected chi connectivity index (χ1v) is 14.7. The summed E-state index contributed by atoms with van der Waals surface area (Å²) in [6.07, 6.45) is 0. The number of carbonyl (C=O) groups is 2. The summed E-state index contributed by atoms with van der Waals surface area (Å²) in [5.41, 5.74) is 2.74. The molecule has 0 aliphatic carbocycles. The fraction of sp³-hybridized carbons (Fsp3) is 0.310. The van der Waals surface area contributed by atoms with E-state index in [9.17, 15) is 18.0 Å². The van der Waals surface area contributed by atoms with Gasteiger partial charge in [0.05, 0.1) is 15.6 Å². The van der Waals surface area contributed by atoms with Crippen molar-refractivity contribution in [1.82, 2.24) is 10.2 Å². The summed E-state index contributed by atoms with van der Waals surface area (Å²) in [7, 11) is -4.24. The highest BCUT2D eigenvalue weighted by Gasteiger charge is 2.33. The molecule has 0 unspecified atom stereocenters. The number of rotatable bonds is 10. The highest BCUT2D eigenvalue weighted by Crippen LogP contribution is 2.33. The summed E-state index contributed by atoms with van der Waals surface area (Å²) in [6, 6.07) is 17.3. The smallest absolute Gasteiger partial charge is 0.264 e. The Kier molecular flexibility index (Phi) is 10.0. The lowest BCUT2D eigenvalue weighted by atomic mass is 10.1. The van der Waals surface area contributed by atoms with Crippen LogP contribution in [0.2, 0.25) is 10.0 Å². The maximum Gasteiger partial charge on any atom is 0.264 e. The molecule has 0 bridgehead atoms. The van der Waals surface area contributed by atoms with Gasteiger partial charge in [0.25, 0.3) is 10.0 Å². The summed E-state index contributed by atoms with van der Waals surface area (Å²) in [5, 5.41) is 3.20. The number of benzene rings is 3. The number of anilines is 1. The van der Waals surface area contributed by atoms with Crippen molar-refractivity contribution in [2.75, 3.05) is 10.8 Å². The predicted molar refractivity (Wildman–Crippen MR) is 157 cm³/mol. The lowest BCUT2D eigenvalue weighted by Crippen LogP contribution is -2.52. The molecule has 0 fully saturated rings. The van der Waals surface area contributed by atoms with Crippen LogP contribution in [0.1, 0.15) is 37.5 Å². The molecule has 39 heavy (non-hydrogen) atoms. The molecule has 3 aromatic rings. The van der Waals surface area contributed by atoms with Crippen molar-refractivity contribution in [3.05, 3.63) is 93.5 Å². The molecule has 10 heteroatoms. The molecule has 0 spiro atoms. The van der Waals surface area contributed by atoms with Gasteiger partial charge in [0.1, 0.15) is 12.6 Å². The monoisotopic (exact) mass is 589 g/mol. The maximum atomic E-state index is 13.9. The van der Waals surface area contributed by atoms with E-state index in [1.54, 1.807) is 19.1 Å². The second-order valence-corrected chi connectivity index (χ2v) is 12.5. The largest absolute Gasteiger partial charge is 0.352 e. The highest BCUT2D eigenvalue weighted by atomic mass is 35.5. The van der Waals surface area contributed by atoms with Gasteiger partial charge in [-0.25, -0.2) is 8.42 Å². The van der Waals surface area contributed by atoms with Crippen LogP contribution in [-0.2, 0) is 26.2 Å². The number of sulfonamides is 1. The van der Waals surface area contributed by atoms with E-state index in [1.807, 2.05) is 52.0 Å². The summed E-state index contributed by atoms with van der Waals surface area (Å²) >= 11 is 12.6. The van der Waals surface area contributed by atoms with Gasteiger partial charge in [0.2, 0.25) is 11.8 Å². The van der Waals surface area contributed by atoms with Gasteiger partial charge in [-0.15, -0.1) is 0 Å². The number of nitrogens with one attached hydrogen (secondary N) is 1. The summed E-state index contributed by atoms with van der Waals surface area (Å²) in [6.45, 7) is 8.56. The first kappa shape index (κ1) is 30.5. The van der Waals surface area contributed by atoms with Gasteiger partial charge in [-0.05, 0) is 70.5 Å². The molecular formula is C29H33Cl2N3O4S. The van der Waals surface area contributed by atoms with Crippen molar-refractivity contribution in [2.45, 2.75) is 58.1 Å². The van der Waals surface area contributed by atoms with Crippen LogP contribution in [0.5, 0.6) is 0 Å². The van der Waals surface area contributed by atoms with Crippen LogP contribution in [0, 0.1) is 13.8 Å². The third-order valence-electron chi connectivity index (χ3n) is 6.10. The van der Waals surface area contributed by atoms with Gasteiger partial charge in [-0.3, -0.25) is 13.9 Å².